The molecule has 0 aliphatic heterocycles. The van der Waals surface area contributed by atoms with Crippen molar-refractivity contribution >= 4 is 30.0 Å². The maximum absolute atomic E-state index is 11.8. The second-order valence-corrected chi connectivity index (χ2v) is 4.97. The third-order valence-corrected chi connectivity index (χ3v) is 3.39. The highest BCUT2D eigenvalue weighted by molar-refractivity contribution is 5.89. The standard InChI is InChI=1S/C12H19N5O2.ClH/c13-9-3-1-2-8(9)6-12(19)15-11-4-5-17(16-11)7-10(14)18;/h4-5,8-9H,1-3,6-7,13H2,(H2,14,18)(H,15,16,19);1H/t8-,9+;/m0./s1. The molecular weight excluding hydrogens is 282 g/mol. The number of nitrogens with one attached hydrogen (secondary N) is 1. The van der Waals surface area contributed by atoms with Gasteiger partial charge in [-0.25, -0.2) is 0 Å². The third kappa shape index (κ3) is 4.50. The first-order valence-electron chi connectivity index (χ1n) is 6.42. The van der Waals surface area contributed by atoms with E-state index in [1.165, 1.54) is 4.68 Å². The summed E-state index contributed by atoms with van der Waals surface area (Å²) in [4.78, 5) is 22.6. The molecule has 5 N–H and O–H groups in total. The fourth-order valence-corrected chi connectivity index (χ4v) is 2.43. The summed E-state index contributed by atoms with van der Waals surface area (Å²) in [6.07, 6.45) is 5.10. The molecule has 1 aromatic heterocycles. The molecule has 1 aromatic rings. The fourth-order valence-electron chi connectivity index (χ4n) is 2.43. The average molecular weight is 302 g/mol. The topological polar surface area (TPSA) is 116 Å². The number of halogens is 1. The lowest BCUT2D eigenvalue weighted by Gasteiger charge is -2.13. The van der Waals surface area contributed by atoms with Crippen molar-refractivity contribution in [1.82, 2.24) is 9.78 Å². The highest BCUT2D eigenvalue weighted by atomic mass is 35.5. The summed E-state index contributed by atoms with van der Waals surface area (Å²) in [5, 5.41) is 6.74. The first-order valence-corrected chi connectivity index (χ1v) is 6.42. The van der Waals surface area contributed by atoms with Crippen LogP contribution in [0, 0.1) is 5.92 Å². The van der Waals surface area contributed by atoms with Crippen LogP contribution in [0.4, 0.5) is 5.82 Å². The summed E-state index contributed by atoms with van der Waals surface area (Å²) in [5.41, 5.74) is 11.0. The van der Waals surface area contributed by atoms with Crippen molar-refractivity contribution in [1.29, 1.82) is 0 Å². The molecular formula is C12H20ClN5O2. The molecule has 0 saturated heterocycles. The van der Waals surface area contributed by atoms with Crippen molar-refractivity contribution in [3.05, 3.63) is 12.3 Å². The minimum absolute atomic E-state index is 0. The van der Waals surface area contributed by atoms with Gasteiger partial charge in [-0.1, -0.05) is 6.42 Å². The number of nitrogens with zero attached hydrogens (tertiary/aromatic N) is 2. The predicted octanol–water partition coefficient (Wildman–Crippen LogP) is 0.246. The van der Waals surface area contributed by atoms with Gasteiger partial charge in [-0.15, -0.1) is 12.4 Å². The van der Waals surface area contributed by atoms with Gasteiger partial charge in [-0.2, -0.15) is 5.10 Å². The number of carbonyl (C=O) groups is 2. The predicted molar refractivity (Wildman–Crippen MR) is 77.2 cm³/mol. The molecule has 2 amide bonds. The van der Waals surface area contributed by atoms with Gasteiger partial charge in [0.05, 0.1) is 0 Å². The molecule has 2 atom stereocenters. The van der Waals surface area contributed by atoms with Gasteiger partial charge in [0.1, 0.15) is 6.54 Å². The quantitative estimate of drug-likeness (QED) is 0.722. The van der Waals surface area contributed by atoms with Crippen LogP contribution in [0.5, 0.6) is 0 Å². The van der Waals surface area contributed by atoms with Crippen LogP contribution in [0.2, 0.25) is 0 Å². The van der Waals surface area contributed by atoms with Crippen molar-refractivity contribution in [3.8, 4) is 0 Å². The van der Waals surface area contributed by atoms with Crippen molar-refractivity contribution in [2.24, 2.45) is 17.4 Å². The molecule has 112 valence electrons. The SMILES string of the molecule is Cl.NC(=O)Cn1ccc(NC(=O)C[C@@H]2CCC[C@H]2N)n1. The van der Waals surface area contributed by atoms with E-state index in [1.54, 1.807) is 12.3 Å². The van der Waals surface area contributed by atoms with E-state index in [1.807, 2.05) is 0 Å². The molecule has 0 radical (unpaired) electrons. The van der Waals surface area contributed by atoms with Crippen molar-refractivity contribution in [2.45, 2.75) is 38.3 Å². The molecule has 8 heteroatoms. The lowest BCUT2D eigenvalue weighted by atomic mass is 10.00. The summed E-state index contributed by atoms with van der Waals surface area (Å²) in [6.45, 7) is 0.00334. The fraction of sp³-hybridized carbons (Fsp3) is 0.583. The minimum atomic E-state index is -0.474. The number of nitrogens with two attached hydrogens (primary N) is 2. The molecule has 0 unspecified atom stereocenters. The highest BCUT2D eigenvalue weighted by Gasteiger charge is 2.26. The van der Waals surface area contributed by atoms with Gasteiger partial charge in [-0.05, 0) is 18.8 Å². The van der Waals surface area contributed by atoms with Gasteiger partial charge < -0.3 is 16.8 Å². The zero-order valence-electron chi connectivity index (χ0n) is 11.1. The van der Waals surface area contributed by atoms with Crippen LogP contribution in [0.15, 0.2) is 12.3 Å². The van der Waals surface area contributed by atoms with E-state index in [0.29, 0.717) is 12.2 Å². The minimum Gasteiger partial charge on any atom is -0.368 e. The highest BCUT2D eigenvalue weighted by Crippen LogP contribution is 2.26. The maximum atomic E-state index is 11.8. The summed E-state index contributed by atoms with van der Waals surface area (Å²) in [7, 11) is 0. The Morgan fingerprint density at radius 2 is 2.20 bits per heavy atom. The molecule has 2 rings (SSSR count). The lowest BCUT2D eigenvalue weighted by Crippen LogP contribution is -2.28. The normalized spacial score (nSPS) is 21.2. The van der Waals surface area contributed by atoms with Gasteiger partial charge in [-0.3, -0.25) is 14.3 Å². The zero-order valence-corrected chi connectivity index (χ0v) is 11.9. The van der Waals surface area contributed by atoms with E-state index >= 15 is 0 Å². The van der Waals surface area contributed by atoms with Gasteiger partial charge in [0, 0.05) is 24.7 Å². The summed E-state index contributed by atoms with van der Waals surface area (Å²) < 4.78 is 1.39. The van der Waals surface area contributed by atoms with E-state index in [4.69, 9.17) is 11.5 Å². The molecule has 20 heavy (non-hydrogen) atoms. The van der Waals surface area contributed by atoms with Crippen LogP contribution in [-0.2, 0) is 16.1 Å². The van der Waals surface area contributed by atoms with Crippen LogP contribution < -0.4 is 16.8 Å². The molecule has 0 aromatic carbocycles. The van der Waals surface area contributed by atoms with Crippen molar-refractivity contribution in [2.75, 3.05) is 5.32 Å². The smallest absolute Gasteiger partial charge is 0.239 e. The number of primary amides is 1. The molecule has 1 saturated carbocycles. The number of hydrogen-bond donors (Lipinski definition) is 3. The second kappa shape index (κ2) is 7.25. The molecule has 1 heterocycles. The maximum Gasteiger partial charge on any atom is 0.239 e. The monoisotopic (exact) mass is 301 g/mol. The van der Waals surface area contributed by atoms with E-state index in [-0.39, 0.29) is 36.8 Å². The Labute approximate surface area is 123 Å². The van der Waals surface area contributed by atoms with Crippen molar-refractivity contribution < 1.29 is 9.59 Å². The van der Waals surface area contributed by atoms with Gasteiger partial charge in [0.15, 0.2) is 5.82 Å². The summed E-state index contributed by atoms with van der Waals surface area (Å²) >= 11 is 0. The number of carbonyl (C=O) groups excluding carboxylic acids is 2. The van der Waals surface area contributed by atoms with E-state index in [9.17, 15) is 9.59 Å². The van der Waals surface area contributed by atoms with E-state index < -0.39 is 5.91 Å². The van der Waals surface area contributed by atoms with Crippen LogP contribution in [0.25, 0.3) is 0 Å². The van der Waals surface area contributed by atoms with Crippen LogP contribution in [-0.4, -0.2) is 27.6 Å². The summed E-state index contributed by atoms with van der Waals surface area (Å²) in [5.74, 6) is 0.120. The lowest BCUT2D eigenvalue weighted by molar-refractivity contribution is -0.119. The summed E-state index contributed by atoms with van der Waals surface area (Å²) in [6, 6.07) is 1.76. The molecule has 1 aliphatic carbocycles. The van der Waals surface area contributed by atoms with E-state index in [0.717, 1.165) is 19.3 Å². The molecule has 1 fully saturated rings. The van der Waals surface area contributed by atoms with Crippen LogP contribution >= 0.6 is 12.4 Å². The second-order valence-electron chi connectivity index (χ2n) is 4.97. The first kappa shape index (κ1) is 16.5. The molecule has 0 spiro atoms. The van der Waals surface area contributed by atoms with Gasteiger partial charge >= 0.3 is 0 Å². The number of rotatable bonds is 5. The van der Waals surface area contributed by atoms with Gasteiger partial charge in [0.2, 0.25) is 11.8 Å². The number of anilines is 1. The number of aromatic nitrogens is 2. The zero-order chi connectivity index (χ0) is 13.8. The Hall–Kier alpha value is -1.60. The van der Waals surface area contributed by atoms with Gasteiger partial charge in [0.25, 0.3) is 0 Å². The Kier molecular flexibility index (Phi) is 5.97. The van der Waals surface area contributed by atoms with Crippen molar-refractivity contribution in [3.63, 3.8) is 0 Å². The van der Waals surface area contributed by atoms with E-state index in [2.05, 4.69) is 10.4 Å². The average Bonchev–Trinajstić information content (AvgIpc) is 2.89. The number of amides is 2. The van der Waals surface area contributed by atoms with Crippen LogP contribution in [0.3, 0.4) is 0 Å². The number of hydrogen-bond acceptors (Lipinski definition) is 4. The largest absolute Gasteiger partial charge is 0.368 e. The Bertz CT molecular complexity index is 476. The Morgan fingerprint density at radius 1 is 1.45 bits per heavy atom. The first-order chi connectivity index (χ1) is 9.04. The third-order valence-electron chi connectivity index (χ3n) is 3.39. The molecule has 7 nitrogen and oxygen atoms in total. The Balaban J connectivity index is 0.00000200. The van der Waals surface area contributed by atoms with Crippen LogP contribution in [0.1, 0.15) is 25.7 Å². The Morgan fingerprint density at radius 3 is 2.80 bits per heavy atom. The molecule has 0 bridgehead atoms. The molecule has 1 aliphatic rings.